The first-order valence-electron chi connectivity index (χ1n) is 5.92. The Hall–Kier alpha value is -1.60. The Kier molecular flexibility index (Phi) is 3.62. The first-order valence-corrected chi connectivity index (χ1v) is 7.28. The van der Waals surface area contributed by atoms with Crippen LogP contribution in [-0.2, 0) is 12.3 Å². The number of benzene rings is 1. The van der Waals surface area contributed by atoms with Gasteiger partial charge in [0.2, 0.25) is 0 Å². The fraction of sp³-hybridized carbons (Fsp3) is 0.250. The highest BCUT2D eigenvalue weighted by Crippen LogP contribution is 2.30. The van der Waals surface area contributed by atoms with Crippen LogP contribution in [0.15, 0.2) is 28.1 Å². The van der Waals surface area contributed by atoms with Crippen molar-refractivity contribution in [2.24, 2.45) is 0 Å². The molecule has 0 saturated carbocycles. The lowest BCUT2D eigenvalue weighted by Crippen LogP contribution is -2.01. The van der Waals surface area contributed by atoms with Gasteiger partial charge >= 0.3 is 0 Å². The number of halogens is 2. The van der Waals surface area contributed by atoms with Crippen molar-refractivity contribution in [3.8, 4) is 0 Å². The van der Waals surface area contributed by atoms with E-state index in [0.717, 1.165) is 12.4 Å². The molecule has 0 fully saturated rings. The molecule has 0 aliphatic rings. The SMILES string of the molecule is CCn1ncnc1CSc1nc2cc(F)cc(Cl)c2o1. The van der Waals surface area contributed by atoms with E-state index in [1.54, 1.807) is 4.68 Å². The van der Waals surface area contributed by atoms with E-state index in [2.05, 4.69) is 15.1 Å². The second kappa shape index (κ2) is 5.41. The van der Waals surface area contributed by atoms with Gasteiger partial charge in [0.05, 0.1) is 10.8 Å². The summed E-state index contributed by atoms with van der Waals surface area (Å²) in [5, 5.41) is 4.73. The van der Waals surface area contributed by atoms with Crippen LogP contribution in [0.5, 0.6) is 0 Å². The molecular weight excluding hydrogens is 303 g/mol. The molecule has 104 valence electrons. The van der Waals surface area contributed by atoms with E-state index in [4.69, 9.17) is 16.0 Å². The Balaban J connectivity index is 1.83. The predicted octanol–water partition coefficient (Wildman–Crippen LogP) is 3.52. The van der Waals surface area contributed by atoms with E-state index in [0.29, 0.717) is 22.1 Å². The second-order valence-electron chi connectivity index (χ2n) is 4.00. The van der Waals surface area contributed by atoms with Crippen molar-refractivity contribution in [1.82, 2.24) is 19.7 Å². The van der Waals surface area contributed by atoms with Crippen molar-refractivity contribution in [2.75, 3.05) is 0 Å². The third kappa shape index (κ3) is 2.51. The first-order chi connectivity index (χ1) is 9.67. The third-order valence-electron chi connectivity index (χ3n) is 2.71. The molecule has 20 heavy (non-hydrogen) atoms. The molecule has 3 rings (SSSR count). The zero-order valence-corrected chi connectivity index (χ0v) is 12.1. The van der Waals surface area contributed by atoms with Gasteiger partial charge in [-0.3, -0.25) is 0 Å². The van der Waals surface area contributed by atoms with Crippen LogP contribution in [0, 0.1) is 5.82 Å². The summed E-state index contributed by atoms with van der Waals surface area (Å²) >= 11 is 7.28. The molecule has 1 aromatic carbocycles. The Morgan fingerprint density at radius 3 is 3.10 bits per heavy atom. The molecule has 8 heteroatoms. The van der Waals surface area contributed by atoms with Crippen LogP contribution >= 0.6 is 23.4 Å². The molecule has 0 radical (unpaired) electrons. The van der Waals surface area contributed by atoms with Gasteiger partial charge in [-0.25, -0.2) is 19.0 Å². The molecule has 0 N–H and O–H groups in total. The van der Waals surface area contributed by atoms with Crippen molar-refractivity contribution < 1.29 is 8.81 Å². The second-order valence-corrected chi connectivity index (χ2v) is 5.33. The Bertz CT molecular complexity index is 757. The number of hydrogen-bond donors (Lipinski definition) is 0. The van der Waals surface area contributed by atoms with E-state index >= 15 is 0 Å². The zero-order chi connectivity index (χ0) is 14.1. The van der Waals surface area contributed by atoms with Crippen LogP contribution in [0.3, 0.4) is 0 Å². The maximum atomic E-state index is 13.2. The quantitative estimate of drug-likeness (QED) is 0.690. The lowest BCUT2D eigenvalue weighted by atomic mass is 10.3. The minimum atomic E-state index is -0.432. The van der Waals surface area contributed by atoms with E-state index in [-0.39, 0.29) is 5.02 Å². The Morgan fingerprint density at radius 2 is 2.30 bits per heavy atom. The van der Waals surface area contributed by atoms with Gasteiger partial charge in [0.15, 0.2) is 5.58 Å². The van der Waals surface area contributed by atoms with Gasteiger partial charge in [0, 0.05) is 12.6 Å². The predicted molar refractivity (Wildman–Crippen MR) is 74.2 cm³/mol. The molecule has 2 heterocycles. The highest BCUT2D eigenvalue weighted by molar-refractivity contribution is 7.98. The summed E-state index contributed by atoms with van der Waals surface area (Å²) in [5.74, 6) is 0.968. The van der Waals surface area contributed by atoms with Gasteiger partial charge in [-0.2, -0.15) is 5.10 Å². The number of rotatable bonds is 4. The van der Waals surface area contributed by atoms with Gasteiger partial charge in [-0.1, -0.05) is 23.4 Å². The molecule has 0 atom stereocenters. The number of hydrogen-bond acceptors (Lipinski definition) is 5. The lowest BCUT2D eigenvalue weighted by Gasteiger charge is -1.99. The molecule has 3 aromatic rings. The minimum Gasteiger partial charge on any atom is -0.430 e. The van der Waals surface area contributed by atoms with Crippen molar-refractivity contribution >= 4 is 34.5 Å². The van der Waals surface area contributed by atoms with Crippen LogP contribution in [0.2, 0.25) is 5.02 Å². The zero-order valence-electron chi connectivity index (χ0n) is 10.5. The highest BCUT2D eigenvalue weighted by Gasteiger charge is 2.13. The van der Waals surface area contributed by atoms with E-state index in [1.165, 1.54) is 30.2 Å². The topological polar surface area (TPSA) is 56.7 Å². The summed E-state index contributed by atoms with van der Waals surface area (Å²) in [6.45, 7) is 2.74. The van der Waals surface area contributed by atoms with Gasteiger partial charge in [-0.15, -0.1) is 0 Å². The number of aryl methyl sites for hydroxylation is 1. The summed E-state index contributed by atoms with van der Waals surface area (Å²) in [4.78, 5) is 8.37. The molecule has 0 bridgehead atoms. The standard InChI is InChI=1S/C12H10ClFN4OS/c1-2-18-10(15-6-16-18)5-20-12-17-9-4-7(14)3-8(13)11(9)19-12/h3-4,6H,2,5H2,1H3. The number of nitrogens with zero attached hydrogens (tertiary/aromatic N) is 4. The number of fused-ring (bicyclic) bond motifs is 1. The average Bonchev–Trinajstić information content (AvgIpc) is 3.01. The van der Waals surface area contributed by atoms with Crippen LogP contribution in [0.4, 0.5) is 4.39 Å². The largest absolute Gasteiger partial charge is 0.430 e. The van der Waals surface area contributed by atoms with E-state index in [9.17, 15) is 4.39 Å². The van der Waals surface area contributed by atoms with E-state index < -0.39 is 5.82 Å². The summed E-state index contributed by atoms with van der Waals surface area (Å²) < 4.78 is 20.5. The molecule has 0 amide bonds. The molecule has 0 saturated heterocycles. The van der Waals surface area contributed by atoms with Gasteiger partial charge < -0.3 is 4.42 Å². The molecule has 5 nitrogen and oxygen atoms in total. The van der Waals surface area contributed by atoms with Gasteiger partial charge in [-0.05, 0) is 13.0 Å². The number of oxazole rings is 1. The first kappa shape index (κ1) is 13.4. The fourth-order valence-electron chi connectivity index (χ4n) is 1.79. The lowest BCUT2D eigenvalue weighted by molar-refractivity contribution is 0.489. The maximum Gasteiger partial charge on any atom is 0.257 e. The average molecular weight is 313 g/mol. The van der Waals surface area contributed by atoms with Crippen LogP contribution in [0.25, 0.3) is 11.1 Å². The third-order valence-corrected chi connectivity index (χ3v) is 3.81. The van der Waals surface area contributed by atoms with Crippen LogP contribution in [-0.4, -0.2) is 19.7 Å². The molecule has 0 unspecified atom stereocenters. The van der Waals surface area contributed by atoms with Crippen molar-refractivity contribution in [3.05, 3.63) is 35.1 Å². The fourth-order valence-corrected chi connectivity index (χ4v) is 2.81. The molecular formula is C12H10ClFN4OS. The maximum absolute atomic E-state index is 13.2. The van der Waals surface area contributed by atoms with Gasteiger partial charge in [0.1, 0.15) is 23.5 Å². The smallest absolute Gasteiger partial charge is 0.257 e. The molecule has 0 spiro atoms. The van der Waals surface area contributed by atoms with E-state index in [1.807, 2.05) is 6.92 Å². The van der Waals surface area contributed by atoms with Gasteiger partial charge in [0.25, 0.3) is 5.22 Å². The Labute approximate surface area is 123 Å². The molecule has 2 aromatic heterocycles. The van der Waals surface area contributed by atoms with Crippen LogP contribution < -0.4 is 0 Å². The summed E-state index contributed by atoms with van der Waals surface area (Å²) in [7, 11) is 0. The molecule has 0 aliphatic carbocycles. The molecule has 0 aliphatic heterocycles. The van der Waals surface area contributed by atoms with Crippen LogP contribution in [0.1, 0.15) is 12.7 Å². The summed E-state index contributed by atoms with van der Waals surface area (Å²) in [5.41, 5.74) is 0.807. The monoisotopic (exact) mass is 312 g/mol. The Morgan fingerprint density at radius 1 is 1.45 bits per heavy atom. The van der Waals surface area contributed by atoms with Crippen molar-refractivity contribution in [3.63, 3.8) is 0 Å². The summed E-state index contributed by atoms with van der Waals surface area (Å²) in [6.07, 6.45) is 1.51. The normalized spacial score (nSPS) is 11.3. The van der Waals surface area contributed by atoms with Crippen molar-refractivity contribution in [2.45, 2.75) is 24.4 Å². The summed E-state index contributed by atoms with van der Waals surface area (Å²) in [6, 6.07) is 2.50. The highest BCUT2D eigenvalue weighted by atomic mass is 35.5. The number of thioether (sulfide) groups is 1. The van der Waals surface area contributed by atoms with Crippen molar-refractivity contribution in [1.29, 1.82) is 0 Å². The number of aromatic nitrogens is 4. The minimum absolute atomic E-state index is 0.219.